The number of hydrazone groups is 1. The SMILES string of the molecule is O=C(N/N=C(/c1ccc(Br)cc1)C1CC1)c1cc(-c2ccc(Cl)cc2Cl)nc2ccccc12. The van der Waals surface area contributed by atoms with Crippen molar-refractivity contribution in [3.8, 4) is 11.3 Å². The quantitative estimate of drug-likeness (QED) is 0.211. The van der Waals surface area contributed by atoms with Crippen LogP contribution in [0.3, 0.4) is 0 Å². The van der Waals surface area contributed by atoms with Gasteiger partial charge in [-0.3, -0.25) is 4.79 Å². The summed E-state index contributed by atoms with van der Waals surface area (Å²) in [6.07, 6.45) is 2.14. The Morgan fingerprint density at radius 2 is 1.76 bits per heavy atom. The van der Waals surface area contributed by atoms with Crippen LogP contribution in [0.1, 0.15) is 28.8 Å². The molecule has 1 aliphatic carbocycles. The lowest BCUT2D eigenvalue weighted by molar-refractivity contribution is 0.0956. The van der Waals surface area contributed by atoms with E-state index in [0.717, 1.165) is 34.0 Å². The Morgan fingerprint density at radius 3 is 2.48 bits per heavy atom. The number of benzene rings is 3. The maximum absolute atomic E-state index is 13.3. The van der Waals surface area contributed by atoms with Crippen LogP contribution in [-0.4, -0.2) is 16.6 Å². The Kier molecular flexibility index (Phi) is 6.19. The predicted octanol–water partition coefficient (Wildman–Crippen LogP) is 7.52. The first-order chi connectivity index (χ1) is 16.0. The minimum absolute atomic E-state index is 0.296. The van der Waals surface area contributed by atoms with Gasteiger partial charge < -0.3 is 0 Å². The highest BCUT2D eigenvalue weighted by atomic mass is 79.9. The molecule has 0 atom stereocenters. The van der Waals surface area contributed by atoms with Gasteiger partial charge in [0.15, 0.2) is 0 Å². The summed E-state index contributed by atoms with van der Waals surface area (Å²) in [6, 6.07) is 22.5. The van der Waals surface area contributed by atoms with Gasteiger partial charge in [-0.05, 0) is 60.9 Å². The van der Waals surface area contributed by atoms with Crippen molar-refractivity contribution in [2.24, 2.45) is 11.0 Å². The molecule has 1 fully saturated rings. The Hall–Kier alpha value is -2.73. The highest BCUT2D eigenvalue weighted by Crippen LogP contribution is 2.34. The van der Waals surface area contributed by atoms with Gasteiger partial charge in [-0.2, -0.15) is 5.10 Å². The van der Waals surface area contributed by atoms with Crippen LogP contribution in [0.4, 0.5) is 0 Å². The summed E-state index contributed by atoms with van der Waals surface area (Å²) in [5, 5.41) is 6.30. The lowest BCUT2D eigenvalue weighted by Gasteiger charge is -2.11. The zero-order valence-corrected chi connectivity index (χ0v) is 20.5. The summed E-state index contributed by atoms with van der Waals surface area (Å²) in [6.45, 7) is 0. The van der Waals surface area contributed by atoms with Crippen molar-refractivity contribution in [2.75, 3.05) is 0 Å². The molecule has 1 aromatic heterocycles. The minimum atomic E-state index is -0.296. The molecule has 0 radical (unpaired) electrons. The molecular weight excluding hydrogens is 521 g/mol. The zero-order valence-electron chi connectivity index (χ0n) is 17.4. The average Bonchev–Trinajstić information content (AvgIpc) is 3.65. The first-order valence-corrected chi connectivity index (χ1v) is 12.0. The molecule has 5 rings (SSSR count). The fourth-order valence-corrected chi connectivity index (χ4v) is 4.51. The highest BCUT2D eigenvalue weighted by molar-refractivity contribution is 9.10. The number of para-hydroxylation sites is 1. The van der Waals surface area contributed by atoms with E-state index < -0.39 is 0 Å². The van der Waals surface area contributed by atoms with Crippen LogP contribution >= 0.6 is 39.1 Å². The molecule has 0 unspecified atom stereocenters. The third-order valence-corrected chi connectivity index (χ3v) is 6.63. The maximum Gasteiger partial charge on any atom is 0.272 e. The second kappa shape index (κ2) is 9.26. The standard InChI is InChI=1S/C26H18BrCl2N3O/c27-17-9-7-16(8-10-17)25(15-5-6-15)31-32-26(33)21-14-24(20-12-11-18(28)13-22(20)29)30-23-4-2-1-3-19(21)23/h1-4,7-15H,5-6H2,(H,32,33)/b31-25+. The van der Waals surface area contributed by atoms with Gasteiger partial charge in [0.05, 0.1) is 27.5 Å². The van der Waals surface area contributed by atoms with E-state index in [2.05, 4.69) is 26.5 Å². The maximum atomic E-state index is 13.3. The Balaban J connectivity index is 1.53. The van der Waals surface area contributed by atoms with Crippen LogP contribution < -0.4 is 5.43 Å². The summed E-state index contributed by atoms with van der Waals surface area (Å²) < 4.78 is 1.00. The second-order valence-corrected chi connectivity index (χ2v) is 9.67. The summed E-state index contributed by atoms with van der Waals surface area (Å²) in [4.78, 5) is 18.0. The van der Waals surface area contributed by atoms with Crippen molar-refractivity contribution in [3.63, 3.8) is 0 Å². The number of halogens is 3. The van der Waals surface area contributed by atoms with Gasteiger partial charge in [0.2, 0.25) is 0 Å². The van der Waals surface area contributed by atoms with E-state index in [4.69, 9.17) is 28.2 Å². The van der Waals surface area contributed by atoms with Crippen LogP contribution in [0.25, 0.3) is 22.2 Å². The molecule has 1 amide bonds. The zero-order chi connectivity index (χ0) is 22.9. The molecule has 1 N–H and O–H groups in total. The molecule has 7 heteroatoms. The van der Waals surface area contributed by atoms with Crippen LogP contribution in [0, 0.1) is 5.92 Å². The van der Waals surface area contributed by atoms with Crippen molar-refractivity contribution in [2.45, 2.75) is 12.8 Å². The molecule has 0 saturated heterocycles. The molecule has 0 spiro atoms. The number of carbonyl (C=O) groups excluding carboxylic acids is 1. The summed E-state index contributed by atoms with van der Waals surface area (Å²) in [7, 11) is 0. The van der Waals surface area contributed by atoms with E-state index in [1.807, 2.05) is 48.5 Å². The minimum Gasteiger partial charge on any atom is -0.267 e. The van der Waals surface area contributed by atoms with E-state index in [1.165, 1.54) is 0 Å². The van der Waals surface area contributed by atoms with Gasteiger partial charge in [-0.1, -0.05) is 69.5 Å². The van der Waals surface area contributed by atoms with Crippen molar-refractivity contribution >= 4 is 61.7 Å². The van der Waals surface area contributed by atoms with E-state index >= 15 is 0 Å². The Morgan fingerprint density at radius 1 is 1.00 bits per heavy atom. The van der Waals surface area contributed by atoms with Gasteiger partial charge in [0.25, 0.3) is 5.91 Å². The van der Waals surface area contributed by atoms with Crippen molar-refractivity contribution < 1.29 is 4.79 Å². The van der Waals surface area contributed by atoms with Gasteiger partial charge in [-0.25, -0.2) is 10.4 Å². The molecule has 1 aliphatic rings. The fourth-order valence-electron chi connectivity index (χ4n) is 3.74. The third-order valence-electron chi connectivity index (χ3n) is 5.55. The highest BCUT2D eigenvalue weighted by Gasteiger charge is 2.29. The number of hydrogen-bond acceptors (Lipinski definition) is 3. The monoisotopic (exact) mass is 537 g/mol. The second-order valence-electron chi connectivity index (χ2n) is 7.92. The van der Waals surface area contributed by atoms with Gasteiger partial charge in [0.1, 0.15) is 0 Å². The molecule has 1 saturated carbocycles. The predicted molar refractivity (Wildman–Crippen MR) is 138 cm³/mol. The Labute approximate surface area is 209 Å². The normalized spacial score (nSPS) is 13.8. The molecule has 0 aliphatic heterocycles. The molecule has 164 valence electrons. The van der Waals surface area contributed by atoms with Crippen LogP contribution in [0.5, 0.6) is 0 Å². The van der Waals surface area contributed by atoms with Gasteiger partial charge >= 0.3 is 0 Å². The number of amides is 1. The first kappa shape index (κ1) is 22.1. The molecule has 3 aromatic carbocycles. The van der Waals surface area contributed by atoms with Gasteiger partial charge in [0, 0.05) is 26.4 Å². The van der Waals surface area contributed by atoms with Crippen LogP contribution in [0.15, 0.2) is 82.4 Å². The number of pyridine rings is 1. The van der Waals surface area contributed by atoms with Crippen molar-refractivity contribution in [1.82, 2.24) is 10.4 Å². The topological polar surface area (TPSA) is 54.4 Å². The number of nitrogens with one attached hydrogen (secondary N) is 1. The molecule has 0 bridgehead atoms. The van der Waals surface area contributed by atoms with Gasteiger partial charge in [-0.15, -0.1) is 0 Å². The number of rotatable bonds is 5. The summed E-state index contributed by atoms with van der Waals surface area (Å²) in [5.41, 5.74) is 7.18. The lowest BCUT2D eigenvalue weighted by atomic mass is 10.0. The fraction of sp³-hybridized carbons (Fsp3) is 0.115. The first-order valence-electron chi connectivity index (χ1n) is 10.5. The van der Waals surface area contributed by atoms with Crippen molar-refractivity contribution in [3.05, 3.63) is 98.4 Å². The largest absolute Gasteiger partial charge is 0.272 e. The van der Waals surface area contributed by atoms with Crippen molar-refractivity contribution in [1.29, 1.82) is 0 Å². The summed E-state index contributed by atoms with van der Waals surface area (Å²) in [5.74, 6) is 0.0688. The Bertz CT molecular complexity index is 1400. The number of fused-ring (bicyclic) bond motifs is 1. The number of hydrogen-bond donors (Lipinski definition) is 1. The smallest absolute Gasteiger partial charge is 0.267 e. The molecule has 33 heavy (non-hydrogen) atoms. The third kappa shape index (κ3) is 4.81. The van der Waals surface area contributed by atoms with Crippen LogP contribution in [-0.2, 0) is 0 Å². The molecule has 1 heterocycles. The van der Waals surface area contributed by atoms with Crippen LogP contribution in [0.2, 0.25) is 10.0 Å². The van der Waals surface area contributed by atoms with E-state index in [0.29, 0.717) is 38.3 Å². The van der Waals surface area contributed by atoms with E-state index in [9.17, 15) is 4.79 Å². The number of carbonyl (C=O) groups is 1. The number of nitrogens with zero attached hydrogens (tertiary/aromatic N) is 2. The molecule has 4 aromatic rings. The number of aromatic nitrogens is 1. The molecular formula is C26H18BrCl2N3O. The summed E-state index contributed by atoms with van der Waals surface area (Å²) >= 11 is 15.9. The van der Waals surface area contributed by atoms with E-state index in [-0.39, 0.29) is 5.91 Å². The average molecular weight is 539 g/mol. The lowest BCUT2D eigenvalue weighted by Crippen LogP contribution is -2.21. The van der Waals surface area contributed by atoms with E-state index in [1.54, 1.807) is 24.3 Å². The molecule has 4 nitrogen and oxygen atoms in total.